The van der Waals surface area contributed by atoms with Gasteiger partial charge >= 0.3 is 0 Å². The quantitative estimate of drug-likeness (QED) is 0.266. The van der Waals surface area contributed by atoms with Gasteiger partial charge in [0.25, 0.3) is 0 Å². The van der Waals surface area contributed by atoms with Gasteiger partial charge in [0.1, 0.15) is 30.1 Å². The number of imidazole rings is 1. The van der Waals surface area contributed by atoms with Crippen LogP contribution in [0.15, 0.2) is 48.5 Å². The van der Waals surface area contributed by atoms with Crippen LogP contribution in [-0.2, 0) is 13.2 Å². The molecule has 1 aromatic heterocycles. The third-order valence-corrected chi connectivity index (χ3v) is 6.92. The summed E-state index contributed by atoms with van der Waals surface area (Å²) in [7, 11) is 0. The molecule has 0 saturated heterocycles. The molecule has 4 nitrogen and oxygen atoms in total. The molecule has 1 aliphatic rings. The van der Waals surface area contributed by atoms with Crippen molar-refractivity contribution >= 4 is 22.6 Å². The van der Waals surface area contributed by atoms with Crippen molar-refractivity contribution in [2.75, 3.05) is 0 Å². The lowest BCUT2D eigenvalue weighted by atomic mass is 9.89. The number of nitrogens with zero attached hydrogens (tertiary/aromatic N) is 3. The molecule has 5 rings (SSSR count). The Kier molecular flexibility index (Phi) is 6.88. The Balaban J connectivity index is 1.55. The highest BCUT2D eigenvalue weighted by Crippen LogP contribution is 2.37. The van der Waals surface area contributed by atoms with E-state index in [2.05, 4.69) is 4.98 Å². The van der Waals surface area contributed by atoms with Gasteiger partial charge in [-0.05, 0) is 54.7 Å². The molecule has 0 radical (unpaired) electrons. The Morgan fingerprint density at radius 2 is 1.75 bits per heavy atom. The largest absolute Gasteiger partial charge is 0.488 e. The SMILES string of the molecule is N#Cc1ccc(COc2cc(Cl)ccc2-c2nc3cc(F)c(F)cc3n2CC2CCCCC2)cc1F. The minimum Gasteiger partial charge on any atom is -0.488 e. The van der Waals surface area contributed by atoms with E-state index in [0.29, 0.717) is 51.2 Å². The first-order valence-electron chi connectivity index (χ1n) is 11.9. The van der Waals surface area contributed by atoms with Gasteiger partial charge in [-0.15, -0.1) is 0 Å². The topological polar surface area (TPSA) is 50.8 Å². The summed E-state index contributed by atoms with van der Waals surface area (Å²) in [5.74, 6) is -1.16. The molecule has 0 aliphatic heterocycles. The van der Waals surface area contributed by atoms with Gasteiger partial charge in [-0.2, -0.15) is 5.26 Å². The zero-order valence-corrected chi connectivity index (χ0v) is 20.2. The maximum atomic E-state index is 14.2. The molecule has 4 aromatic rings. The van der Waals surface area contributed by atoms with Gasteiger partial charge in [0, 0.05) is 23.7 Å². The van der Waals surface area contributed by atoms with E-state index >= 15 is 0 Å². The van der Waals surface area contributed by atoms with E-state index in [9.17, 15) is 13.2 Å². The first-order valence-corrected chi connectivity index (χ1v) is 12.3. The summed E-state index contributed by atoms with van der Waals surface area (Å²) in [6.07, 6.45) is 5.63. The molecule has 1 saturated carbocycles. The van der Waals surface area contributed by atoms with E-state index in [1.165, 1.54) is 24.6 Å². The van der Waals surface area contributed by atoms with E-state index in [1.54, 1.807) is 30.3 Å². The maximum Gasteiger partial charge on any atom is 0.161 e. The Morgan fingerprint density at radius 1 is 0.972 bits per heavy atom. The lowest BCUT2D eigenvalue weighted by Crippen LogP contribution is -2.15. The molecule has 1 aliphatic carbocycles. The Morgan fingerprint density at radius 3 is 2.50 bits per heavy atom. The smallest absolute Gasteiger partial charge is 0.161 e. The van der Waals surface area contributed by atoms with Gasteiger partial charge in [-0.1, -0.05) is 36.9 Å². The number of benzene rings is 3. The van der Waals surface area contributed by atoms with Gasteiger partial charge < -0.3 is 9.30 Å². The second-order valence-corrected chi connectivity index (χ2v) is 9.60. The first kappa shape index (κ1) is 24.2. The monoisotopic (exact) mass is 509 g/mol. The molecule has 0 amide bonds. The average molecular weight is 510 g/mol. The number of hydrogen-bond donors (Lipinski definition) is 0. The fourth-order valence-corrected chi connectivity index (χ4v) is 5.00. The number of fused-ring (bicyclic) bond motifs is 1. The van der Waals surface area contributed by atoms with E-state index in [0.717, 1.165) is 31.7 Å². The van der Waals surface area contributed by atoms with Crippen molar-refractivity contribution in [1.82, 2.24) is 9.55 Å². The molecule has 0 bridgehead atoms. The number of aromatic nitrogens is 2. The molecule has 0 spiro atoms. The molecule has 36 heavy (non-hydrogen) atoms. The van der Waals surface area contributed by atoms with Crippen LogP contribution in [0.5, 0.6) is 5.75 Å². The summed E-state index contributed by atoms with van der Waals surface area (Å²) in [4.78, 5) is 4.67. The normalized spacial score (nSPS) is 14.2. The molecule has 0 unspecified atom stereocenters. The predicted molar refractivity (Wildman–Crippen MR) is 132 cm³/mol. The summed E-state index contributed by atoms with van der Waals surface area (Å²) in [5, 5.41) is 9.39. The fourth-order valence-electron chi connectivity index (χ4n) is 4.84. The van der Waals surface area contributed by atoms with Gasteiger partial charge in [0.05, 0.1) is 22.2 Å². The summed E-state index contributed by atoms with van der Waals surface area (Å²) >= 11 is 6.26. The van der Waals surface area contributed by atoms with Gasteiger partial charge in [-0.25, -0.2) is 18.2 Å². The Bertz CT molecular complexity index is 1470. The molecular weight excluding hydrogens is 487 g/mol. The molecule has 184 valence electrons. The number of hydrogen-bond acceptors (Lipinski definition) is 3. The van der Waals surface area contributed by atoms with Crippen LogP contribution in [0, 0.1) is 34.7 Å². The van der Waals surface area contributed by atoms with Crippen LogP contribution in [0.1, 0.15) is 43.2 Å². The van der Waals surface area contributed by atoms with Crippen molar-refractivity contribution in [2.45, 2.75) is 45.3 Å². The number of rotatable bonds is 6. The van der Waals surface area contributed by atoms with Crippen molar-refractivity contribution in [3.63, 3.8) is 0 Å². The summed E-state index contributed by atoms with van der Waals surface area (Å²) in [6.45, 7) is 0.655. The van der Waals surface area contributed by atoms with Crippen molar-refractivity contribution < 1.29 is 17.9 Å². The summed E-state index contributed by atoms with van der Waals surface area (Å²) in [5.41, 5.74) is 1.98. The van der Waals surface area contributed by atoms with Crippen LogP contribution in [0.4, 0.5) is 13.2 Å². The number of ether oxygens (including phenoxy) is 1. The third-order valence-electron chi connectivity index (χ3n) is 6.69. The summed E-state index contributed by atoms with van der Waals surface area (Å²) in [6, 6.07) is 13.5. The van der Waals surface area contributed by atoms with Crippen LogP contribution in [0.2, 0.25) is 5.02 Å². The number of halogens is 4. The third kappa shape index (κ3) is 4.91. The molecular formula is C28H23ClF3N3O. The van der Waals surface area contributed by atoms with Crippen LogP contribution < -0.4 is 4.74 Å². The van der Waals surface area contributed by atoms with Crippen molar-refractivity contribution in [3.8, 4) is 23.2 Å². The van der Waals surface area contributed by atoms with E-state index in [1.807, 2.05) is 4.57 Å². The molecule has 1 fully saturated rings. The van der Waals surface area contributed by atoms with Crippen molar-refractivity contribution in [1.29, 1.82) is 5.26 Å². The lowest BCUT2D eigenvalue weighted by molar-refractivity contribution is 0.305. The van der Waals surface area contributed by atoms with Gasteiger partial charge in [0.15, 0.2) is 11.6 Å². The maximum absolute atomic E-state index is 14.2. The van der Waals surface area contributed by atoms with Crippen molar-refractivity contribution in [2.24, 2.45) is 5.92 Å². The van der Waals surface area contributed by atoms with Crippen LogP contribution in [0.3, 0.4) is 0 Å². The highest BCUT2D eigenvalue weighted by Gasteiger charge is 2.22. The van der Waals surface area contributed by atoms with Gasteiger partial charge in [0.2, 0.25) is 0 Å². The van der Waals surface area contributed by atoms with E-state index in [-0.39, 0.29) is 12.2 Å². The Hall–Kier alpha value is -3.50. The second kappa shape index (κ2) is 10.2. The van der Waals surface area contributed by atoms with Crippen LogP contribution in [-0.4, -0.2) is 9.55 Å². The highest BCUT2D eigenvalue weighted by atomic mass is 35.5. The molecule has 1 heterocycles. The zero-order valence-electron chi connectivity index (χ0n) is 19.4. The molecule has 0 atom stereocenters. The van der Waals surface area contributed by atoms with Gasteiger partial charge in [-0.3, -0.25) is 0 Å². The summed E-state index contributed by atoms with van der Waals surface area (Å²) < 4.78 is 50.3. The zero-order chi connectivity index (χ0) is 25.2. The Labute approximate surface area is 211 Å². The molecule has 3 aromatic carbocycles. The first-order chi connectivity index (χ1) is 17.4. The second-order valence-electron chi connectivity index (χ2n) is 9.16. The minimum absolute atomic E-state index is 0.0298. The predicted octanol–water partition coefficient (Wildman–Crippen LogP) is 7.80. The average Bonchev–Trinajstić information content (AvgIpc) is 3.20. The van der Waals surface area contributed by atoms with Crippen molar-refractivity contribution in [3.05, 3.63) is 82.1 Å². The highest BCUT2D eigenvalue weighted by molar-refractivity contribution is 6.30. The van der Waals surface area contributed by atoms with E-state index in [4.69, 9.17) is 21.6 Å². The lowest BCUT2D eigenvalue weighted by Gasteiger charge is -2.23. The molecule has 0 N–H and O–H groups in total. The minimum atomic E-state index is -0.952. The van der Waals surface area contributed by atoms with E-state index < -0.39 is 17.5 Å². The fraction of sp³-hybridized carbons (Fsp3) is 0.286. The number of nitriles is 1. The van der Waals surface area contributed by atoms with Crippen LogP contribution >= 0.6 is 11.6 Å². The standard InChI is InChI=1S/C28H23ClF3N3O/c29-20-8-9-21(27(11-20)36-16-18-6-7-19(14-33)22(30)10-18)28-34-25-12-23(31)24(32)13-26(25)35(28)15-17-4-2-1-3-5-17/h6-13,17H,1-5,15-16H2. The molecule has 8 heteroatoms. The van der Waals surface area contributed by atoms with Crippen LogP contribution in [0.25, 0.3) is 22.4 Å².